The number of methoxy groups -OCH3 is 1. The lowest BCUT2D eigenvalue weighted by atomic mass is 10.1. The summed E-state index contributed by atoms with van der Waals surface area (Å²) in [4.78, 5) is 1.42. The highest BCUT2D eigenvalue weighted by molar-refractivity contribution is 5.61. The van der Waals surface area contributed by atoms with Gasteiger partial charge in [0.25, 0.3) is 0 Å². The monoisotopic (exact) mass is 338 g/mol. The van der Waals surface area contributed by atoms with Gasteiger partial charge < -0.3 is 9.15 Å². The standard InChI is InChI=1S/C17H18N6O2/c1-12-18-19-16(25-12)8-6-4-5-7-13-11-14(9-10-15(13)24-3)17-20-22-23(2)21-17/h9-11H,4,6,8H2,1-3H3. The maximum absolute atomic E-state index is 5.37. The van der Waals surface area contributed by atoms with Crippen LogP contribution in [0, 0.1) is 18.8 Å². The molecule has 0 amide bonds. The summed E-state index contributed by atoms with van der Waals surface area (Å²) in [7, 11) is 3.35. The summed E-state index contributed by atoms with van der Waals surface area (Å²) < 4.78 is 10.7. The molecule has 0 aliphatic rings. The molecule has 25 heavy (non-hydrogen) atoms. The zero-order valence-corrected chi connectivity index (χ0v) is 14.4. The van der Waals surface area contributed by atoms with Gasteiger partial charge in [-0.05, 0) is 29.8 Å². The highest BCUT2D eigenvalue weighted by Gasteiger charge is 2.08. The summed E-state index contributed by atoms with van der Waals surface area (Å²) in [6, 6.07) is 5.65. The van der Waals surface area contributed by atoms with E-state index in [1.807, 2.05) is 18.2 Å². The molecule has 8 nitrogen and oxygen atoms in total. The molecule has 0 aliphatic heterocycles. The summed E-state index contributed by atoms with van der Waals surface area (Å²) in [5.74, 6) is 8.80. The van der Waals surface area contributed by atoms with Gasteiger partial charge in [0.15, 0.2) is 0 Å². The highest BCUT2D eigenvalue weighted by atomic mass is 16.5. The van der Waals surface area contributed by atoms with Crippen molar-refractivity contribution in [1.29, 1.82) is 0 Å². The Morgan fingerprint density at radius 1 is 1.24 bits per heavy atom. The number of unbranched alkanes of at least 4 members (excludes halogenated alkanes) is 1. The molecule has 8 heteroatoms. The van der Waals surface area contributed by atoms with E-state index in [4.69, 9.17) is 9.15 Å². The molecule has 0 saturated carbocycles. The fraction of sp³-hybridized carbons (Fsp3) is 0.353. The van der Waals surface area contributed by atoms with E-state index in [9.17, 15) is 0 Å². The number of benzene rings is 1. The van der Waals surface area contributed by atoms with Gasteiger partial charge in [-0.1, -0.05) is 11.8 Å². The molecule has 0 aliphatic carbocycles. The van der Waals surface area contributed by atoms with E-state index in [1.54, 1.807) is 21.1 Å². The van der Waals surface area contributed by atoms with Crippen molar-refractivity contribution in [3.8, 4) is 29.0 Å². The topological polar surface area (TPSA) is 91.8 Å². The lowest BCUT2D eigenvalue weighted by molar-refractivity contribution is 0.413. The van der Waals surface area contributed by atoms with Crippen molar-refractivity contribution in [3.63, 3.8) is 0 Å². The normalized spacial score (nSPS) is 10.4. The first-order valence-electron chi connectivity index (χ1n) is 7.86. The maximum atomic E-state index is 5.37. The minimum Gasteiger partial charge on any atom is -0.495 e. The van der Waals surface area contributed by atoms with Gasteiger partial charge in [-0.25, -0.2) is 0 Å². The van der Waals surface area contributed by atoms with Gasteiger partial charge in [-0.15, -0.1) is 20.4 Å². The van der Waals surface area contributed by atoms with Crippen LogP contribution in [-0.4, -0.2) is 37.5 Å². The van der Waals surface area contributed by atoms with Gasteiger partial charge in [0, 0.05) is 25.3 Å². The molecule has 0 N–H and O–H groups in total. The lowest BCUT2D eigenvalue weighted by Crippen LogP contribution is -1.92. The van der Waals surface area contributed by atoms with E-state index in [1.165, 1.54) is 4.80 Å². The maximum Gasteiger partial charge on any atom is 0.216 e. The molecule has 2 heterocycles. The predicted molar refractivity (Wildman–Crippen MR) is 89.6 cm³/mol. The highest BCUT2D eigenvalue weighted by Crippen LogP contribution is 2.23. The van der Waals surface area contributed by atoms with Crippen LogP contribution in [0.3, 0.4) is 0 Å². The molecular weight excluding hydrogens is 320 g/mol. The molecule has 128 valence electrons. The third kappa shape index (κ3) is 4.20. The smallest absolute Gasteiger partial charge is 0.216 e. The molecule has 2 aromatic heterocycles. The van der Waals surface area contributed by atoms with Crippen LogP contribution in [0.4, 0.5) is 0 Å². The van der Waals surface area contributed by atoms with E-state index in [-0.39, 0.29) is 0 Å². The second-order valence-corrected chi connectivity index (χ2v) is 5.39. The lowest BCUT2D eigenvalue weighted by Gasteiger charge is -2.04. The SMILES string of the molecule is COc1ccc(-c2nnn(C)n2)cc1C#CCCCc1nnc(C)o1. The number of hydrogen-bond acceptors (Lipinski definition) is 7. The summed E-state index contributed by atoms with van der Waals surface area (Å²) >= 11 is 0. The van der Waals surface area contributed by atoms with Crippen LogP contribution in [0.1, 0.15) is 30.2 Å². The van der Waals surface area contributed by atoms with Gasteiger partial charge in [0.2, 0.25) is 17.6 Å². The number of tetrazole rings is 1. The van der Waals surface area contributed by atoms with E-state index in [2.05, 4.69) is 37.4 Å². The van der Waals surface area contributed by atoms with E-state index < -0.39 is 0 Å². The minimum absolute atomic E-state index is 0.556. The second kappa shape index (κ2) is 7.57. The quantitative estimate of drug-likeness (QED) is 0.518. The first-order valence-corrected chi connectivity index (χ1v) is 7.86. The predicted octanol–water partition coefficient (Wildman–Crippen LogP) is 1.95. The van der Waals surface area contributed by atoms with E-state index in [0.717, 1.165) is 30.4 Å². The van der Waals surface area contributed by atoms with Crippen molar-refractivity contribution in [2.75, 3.05) is 7.11 Å². The zero-order valence-electron chi connectivity index (χ0n) is 14.4. The van der Waals surface area contributed by atoms with Crippen LogP contribution in [0.15, 0.2) is 22.6 Å². The summed E-state index contributed by atoms with van der Waals surface area (Å²) in [6.45, 7) is 1.78. The fourth-order valence-electron chi connectivity index (χ4n) is 2.27. The third-order valence-electron chi connectivity index (χ3n) is 3.45. The third-order valence-corrected chi connectivity index (χ3v) is 3.45. The molecule has 3 aromatic rings. The van der Waals surface area contributed by atoms with Gasteiger partial charge in [-0.2, -0.15) is 4.80 Å². The molecule has 0 atom stereocenters. The van der Waals surface area contributed by atoms with Gasteiger partial charge >= 0.3 is 0 Å². The van der Waals surface area contributed by atoms with Crippen molar-refractivity contribution in [3.05, 3.63) is 35.5 Å². The van der Waals surface area contributed by atoms with Crippen molar-refractivity contribution < 1.29 is 9.15 Å². The van der Waals surface area contributed by atoms with Crippen molar-refractivity contribution in [2.24, 2.45) is 7.05 Å². The molecule has 0 saturated heterocycles. The Morgan fingerprint density at radius 2 is 2.12 bits per heavy atom. The number of aryl methyl sites for hydroxylation is 3. The number of rotatable bonds is 5. The number of ether oxygens (including phenoxy) is 1. The number of hydrogen-bond donors (Lipinski definition) is 0. The summed E-state index contributed by atoms with van der Waals surface area (Å²) in [5.41, 5.74) is 1.64. The molecule has 0 bridgehead atoms. The Bertz CT molecular complexity index is 919. The first kappa shape index (κ1) is 16.6. The van der Waals surface area contributed by atoms with E-state index >= 15 is 0 Å². The largest absolute Gasteiger partial charge is 0.495 e. The van der Waals surface area contributed by atoms with Crippen molar-refractivity contribution in [2.45, 2.75) is 26.2 Å². The van der Waals surface area contributed by atoms with Gasteiger partial charge in [0.05, 0.1) is 19.7 Å². The second-order valence-electron chi connectivity index (χ2n) is 5.39. The molecule has 0 unspecified atom stereocenters. The first-order chi connectivity index (χ1) is 12.2. The van der Waals surface area contributed by atoms with Crippen LogP contribution in [0.5, 0.6) is 5.75 Å². The zero-order chi connectivity index (χ0) is 17.6. The Kier molecular flexibility index (Phi) is 5.04. The van der Waals surface area contributed by atoms with Crippen LogP contribution < -0.4 is 4.74 Å². The molecule has 0 radical (unpaired) electrons. The summed E-state index contributed by atoms with van der Waals surface area (Å²) in [5, 5.41) is 19.9. The van der Waals surface area contributed by atoms with E-state index in [0.29, 0.717) is 23.4 Å². The fourth-order valence-corrected chi connectivity index (χ4v) is 2.27. The molecular formula is C17H18N6O2. The van der Waals surface area contributed by atoms with Gasteiger partial charge in [0.1, 0.15) is 5.75 Å². The molecule has 1 aromatic carbocycles. The number of nitrogens with zero attached hydrogens (tertiary/aromatic N) is 6. The Hall–Kier alpha value is -3.21. The Balaban J connectivity index is 1.68. The Morgan fingerprint density at radius 3 is 2.80 bits per heavy atom. The average molecular weight is 338 g/mol. The van der Waals surface area contributed by atoms with Crippen LogP contribution in [-0.2, 0) is 13.5 Å². The minimum atomic E-state index is 0.556. The molecule has 0 spiro atoms. The average Bonchev–Trinajstić information content (AvgIpc) is 3.23. The van der Waals surface area contributed by atoms with Crippen molar-refractivity contribution in [1.82, 2.24) is 30.4 Å². The molecule has 3 rings (SSSR count). The van der Waals surface area contributed by atoms with Crippen LogP contribution in [0.25, 0.3) is 11.4 Å². The summed E-state index contributed by atoms with van der Waals surface area (Å²) in [6.07, 6.45) is 2.29. The Labute approximate surface area is 145 Å². The number of aromatic nitrogens is 6. The van der Waals surface area contributed by atoms with Crippen LogP contribution in [0.2, 0.25) is 0 Å². The van der Waals surface area contributed by atoms with Crippen LogP contribution >= 0.6 is 0 Å². The molecule has 0 fully saturated rings. The van der Waals surface area contributed by atoms with Gasteiger partial charge in [-0.3, -0.25) is 0 Å². The van der Waals surface area contributed by atoms with Crippen molar-refractivity contribution >= 4 is 0 Å².